The van der Waals surface area contributed by atoms with Crippen LogP contribution in [0.5, 0.6) is 0 Å². The van der Waals surface area contributed by atoms with Gasteiger partial charge in [-0.3, -0.25) is 14.3 Å². The summed E-state index contributed by atoms with van der Waals surface area (Å²) in [6.07, 6.45) is 2.66. The maximum atomic E-state index is 11.9. The van der Waals surface area contributed by atoms with Crippen molar-refractivity contribution in [1.29, 1.82) is 0 Å². The van der Waals surface area contributed by atoms with E-state index in [0.717, 1.165) is 17.7 Å². The van der Waals surface area contributed by atoms with Crippen molar-refractivity contribution in [2.75, 3.05) is 6.61 Å². The lowest BCUT2D eigenvalue weighted by Gasteiger charge is -2.16. The summed E-state index contributed by atoms with van der Waals surface area (Å²) in [5.74, 6) is 0. The van der Waals surface area contributed by atoms with E-state index >= 15 is 0 Å². The van der Waals surface area contributed by atoms with Gasteiger partial charge in [-0.1, -0.05) is 18.2 Å². The summed E-state index contributed by atoms with van der Waals surface area (Å²) in [6.45, 7) is 2.12. The Bertz CT molecular complexity index is 772. The van der Waals surface area contributed by atoms with Gasteiger partial charge in [0.15, 0.2) is 0 Å². The molecule has 1 saturated heterocycles. The van der Waals surface area contributed by atoms with Crippen molar-refractivity contribution in [2.45, 2.75) is 37.0 Å². The van der Waals surface area contributed by atoms with E-state index in [-0.39, 0.29) is 17.9 Å². The molecule has 3 rings (SSSR count). The Morgan fingerprint density at radius 2 is 2.09 bits per heavy atom. The average molecular weight is 334 g/mol. The highest BCUT2D eigenvalue weighted by Crippen LogP contribution is 2.28. The van der Waals surface area contributed by atoms with Gasteiger partial charge in [-0.2, -0.15) is 0 Å². The van der Waals surface area contributed by atoms with Crippen LogP contribution in [0.4, 0.5) is 0 Å². The van der Waals surface area contributed by atoms with Gasteiger partial charge in [0, 0.05) is 28.7 Å². The smallest absolute Gasteiger partial charge is 0.330 e. The summed E-state index contributed by atoms with van der Waals surface area (Å²) in [7, 11) is 0. The van der Waals surface area contributed by atoms with Crippen LogP contribution >= 0.6 is 12.0 Å². The van der Waals surface area contributed by atoms with Crippen molar-refractivity contribution in [1.82, 2.24) is 9.55 Å². The van der Waals surface area contributed by atoms with Crippen molar-refractivity contribution >= 4 is 12.0 Å². The van der Waals surface area contributed by atoms with E-state index in [1.54, 1.807) is 13.1 Å². The highest BCUT2D eigenvalue weighted by Gasteiger charge is 2.27. The molecule has 1 N–H and O–H groups in total. The molecular weight excluding hydrogens is 316 g/mol. The normalized spacial score (nSPS) is 20.7. The number of rotatable bonds is 5. The number of hydrogen-bond donors (Lipinski definition) is 1. The number of hydrogen-bond acceptors (Lipinski definition) is 5. The molecule has 0 saturated carbocycles. The SMILES string of the molecule is Cc1cn([C@H]2CC[C@@H](COSc3ccccc3)O2)c(=O)[nH]c1=O. The third kappa shape index (κ3) is 3.93. The van der Waals surface area contributed by atoms with E-state index < -0.39 is 5.69 Å². The Morgan fingerprint density at radius 3 is 2.87 bits per heavy atom. The largest absolute Gasteiger partial charge is 0.352 e. The number of benzene rings is 1. The van der Waals surface area contributed by atoms with Gasteiger partial charge < -0.3 is 8.92 Å². The van der Waals surface area contributed by atoms with Gasteiger partial charge in [0.1, 0.15) is 6.23 Å². The van der Waals surface area contributed by atoms with Crippen molar-refractivity contribution in [2.24, 2.45) is 0 Å². The van der Waals surface area contributed by atoms with Gasteiger partial charge in [-0.05, 0) is 31.9 Å². The zero-order valence-corrected chi connectivity index (χ0v) is 13.5. The summed E-state index contributed by atoms with van der Waals surface area (Å²) in [5, 5.41) is 0. The lowest BCUT2D eigenvalue weighted by atomic mass is 10.2. The Labute approximate surface area is 137 Å². The molecule has 0 aliphatic carbocycles. The predicted molar refractivity (Wildman–Crippen MR) is 87.5 cm³/mol. The number of ether oxygens (including phenoxy) is 1. The van der Waals surface area contributed by atoms with E-state index in [4.69, 9.17) is 8.92 Å². The fourth-order valence-corrected chi connectivity index (χ4v) is 3.09. The van der Waals surface area contributed by atoms with E-state index in [0.29, 0.717) is 12.2 Å². The van der Waals surface area contributed by atoms with Crippen LogP contribution < -0.4 is 11.2 Å². The first-order chi connectivity index (χ1) is 11.1. The standard InChI is InChI=1S/C16H18N2O4S/c1-11-9-18(16(20)17-15(11)19)14-8-7-12(22-14)10-21-23-13-5-3-2-4-6-13/h2-6,9,12,14H,7-8,10H2,1H3,(H,17,19,20)/t12-,14+/m0/s1. The van der Waals surface area contributed by atoms with Crippen LogP contribution in [0.1, 0.15) is 24.6 Å². The molecule has 7 heteroatoms. The van der Waals surface area contributed by atoms with Crippen molar-refractivity contribution in [3.8, 4) is 0 Å². The summed E-state index contributed by atoms with van der Waals surface area (Å²) in [4.78, 5) is 26.6. The lowest BCUT2D eigenvalue weighted by Crippen LogP contribution is -2.33. The quantitative estimate of drug-likeness (QED) is 0.849. The van der Waals surface area contributed by atoms with Crippen LogP contribution in [0.15, 0.2) is 51.0 Å². The van der Waals surface area contributed by atoms with Gasteiger partial charge in [0.25, 0.3) is 5.56 Å². The minimum absolute atomic E-state index is 0.0599. The number of nitrogens with zero attached hydrogens (tertiary/aromatic N) is 1. The molecule has 1 aliphatic heterocycles. The molecule has 0 radical (unpaired) electrons. The van der Waals surface area contributed by atoms with Crippen molar-refractivity contribution in [3.63, 3.8) is 0 Å². The summed E-state index contributed by atoms with van der Waals surface area (Å²) in [5.41, 5.74) is -0.304. The highest BCUT2D eigenvalue weighted by atomic mass is 32.2. The second-order valence-corrected chi connectivity index (χ2v) is 6.32. The number of aromatic nitrogens is 2. The molecule has 2 heterocycles. The van der Waals surface area contributed by atoms with Crippen LogP contribution in [-0.4, -0.2) is 22.3 Å². The molecule has 1 aromatic carbocycles. The second-order valence-electron chi connectivity index (χ2n) is 5.45. The first-order valence-corrected chi connectivity index (χ1v) is 8.19. The Balaban J connectivity index is 1.55. The third-order valence-corrected chi connectivity index (χ3v) is 4.41. The van der Waals surface area contributed by atoms with E-state index in [9.17, 15) is 9.59 Å². The van der Waals surface area contributed by atoms with Gasteiger partial charge in [0.2, 0.25) is 0 Å². The summed E-state index contributed by atoms with van der Waals surface area (Å²) < 4.78 is 12.9. The molecular formula is C16H18N2O4S. The molecule has 0 unspecified atom stereocenters. The van der Waals surface area contributed by atoms with Gasteiger partial charge in [-0.25, -0.2) is 4.79 Å². The Morgan fingerprint density at radius 1 is 1.30 bits per heavy atom. The zero-order valence-electron chi connectivity index (χ0n) is 12.7. The molecule has 0 spiro atoms. The van der Waals surface area contributed by atoms with Gasteiger partial charge in [0.05, 0.1) is 12.7 Å². The van der Waals surface area contributed by atoms with Crippen LogP contribution in [0.2, 0.25) is 0 Å². The van der Waals surface area contributed by atoms with Gasteiger partial charge >= 0.3 is 5.69 Å². The average Bonchev–Trinajstić information content (AvgIpc) is 3.00. The summed E-state index contributed by atoms with van der Waals surface area (Å²) in [6, 6.07) is 9.83. The highest BCUT2D eigenvalue weighted by molar-refractivity contribution is 7.94. The Hall–Kier alpha value is -1.83. The van der Waals surface area contributed by atoms with Crippen LogP contribution in [0.25, 0.3) is 0 Å². The minimum atomic E-state index is -0.439. The van der Waals surface area contributed by atoms with E-state index in [2.05, 4.69) is 4.98 Å². The second kappa shape index (κ2) is 7.16. The molecule has 1 aromatic heterocycles. The van der Waals surface area contributed by atoms with Crippen LogP contribution in [0, 0.1) is 6.92 Å². The monoisotopic (exact) mass is 334 g/mol. The first kappa shape index (κ1) is 16.0. The molecule has 0 amide bonds. The molecule has 2 atom stereocenters. The number of H-pyrrole nitrogens is 1. The molecule has 2 aromatic rings. The molecule has 23 heavy (non-hydrogen) atoms. The fourth-order valence-electron chi connectivity index (χ4n) is 2.47. The van der Waals surface area contributed by atoms with Crippen LogP contribution in [0.3, 0.4) is 0 Å². The lowest BCUT2D eigenvalue weighted by molar-refractivity contribution is -0.0171. The molecule has 6 nitrogen and oxygen atoms in total. The van der Waals surface area contributed by atoms with E-state index in [1.165, 1.54) is 16.6 Å². The summed E-state index contributed by atoms with van der Waals surface area (Å²) >= 11 is 1.32. The maximum absolute atomic E-state index is 11.9. The molecule has 1 fully saturated rings. The molecule has 122 valence electrons. The van der Waals surface area contributed by atoms with Crippen molar-refractivity contribution in [3.05, 3.63) is 62.9 Å². The van der Waals surface area contributed by atoms with Crippen molar-refractivity contribution < 1.29 is 8.92 Å². The first-order valence-electron chi connectivity index (χ1n) is 7.45. The maximum Gasteiger partial charge on any atom is 0.330 e. The number of aryl methyl sites for hydroxylation is 1. The third-order valence-electron chi connectivity index (χ3n) is 3.69. The topological polar surface area (TPSA) is 73.3 Å². The van der Waals surface area contributed by atoms with Crippen LogP contribution in [-0.2, 0) is 8.92 Å². The minimum Gasteiger partial charge on any atom is -0.352 e. The molecule has 0 bridgehead atoms. The number of aromatic amines is 1. The molecule has 1 aliphatic rings. The zero-order chi connectivity index (χ0) is 16.2. The Kier molecular flexibility index (Phi) is 5.00. The van der Waals surface area contributed by atoms with Gasteiger partial charge in [-0.15, -0.1) is 0 Å². The fraction of sp³-hybridized carbons (Fsp3) is 0.375. The van der Waals surface area contributed by atoms with E-state index in [1.807, 2.05) is 30.3 Å². The predicted octanol–water partition coefficient (Wildman–Crippen LogP) is 2.25. The number of nitrogens with one attached hydrogen (secondary N) is 1.